The fraction of sp³-hybridized carbons (Fsp3) is 0.192. The number of imidazole rings is 1. The number of benzene rings is 2. The summed E-state index contributed by atoms with van der Waals surface area (Å²) in [6.07, 6.45) is 3.63. The maximum Gasteiger partial charge on any atom is 0.296 e. The van der Waals surface area contributed by atoms with Crippen LogP contribution >= 0.6 is 0 Å². The molecule has 0 aliphatic heterocycles. The van der Waals surface area contributed by atoms with Crippen LogP contribution in [0.5, 0.6) is 6.01 Å². The standard InChI is InChI=1S/C26H23F2N5O3S/c1-4-9-37(35)32-19-7-6-18(27)22(23(19)28)24(34)17-13-30-25-16(17)10-15(12-29-25)14-5-8-21-20(11-14)31-26(36-3)33(21)2/h5-8,10-13,32H,4,9H2,1-3H3,(H,29,30). The van der Waals surface area contributed by atoms with Crippen molar-refractivity contribution in [3.63, 3.8) is 0 Å². The fourth-order valence-electron chi connectivity index (χ4n) is 4.22. The predicted octanol–water partition coefficient (Wildman–Crippen LogP) is 5.12. The summed E-state index contributed by atoms with van der Waals surface area (Å²) >= 11 is 0. The molecule has 3 heterocycles. The predicted molar refractivity (Wildman–Crippen MR) is 139 cm³/mol. The number of aryl methyl sites for hydroxylation is 1. The number of ketones is 1. The molecule has 37 heavy (non-hydrogen) atoms. The van der Waals surface area contributed by atoms with Crippen LogP contribution in [0.4, 0.5) is 14.5 Å². The number of methoxy groups -OCH3 is 1. The molecule has 11 heteroatoms. The molecule has 8 nitrogen and oxygen atoms in total. The van der Waals surface area contributed by atoms with Gasteiger partial charge in [0.1, 0.15) is 22.5 Å². The van der Waals surface area contributed by atoms with Crippen LogP contribution in [0.15, 0.2) is 48.8 Å². The Labute approximate surface area is 213 Å². The Hall–Kier alpha value is -4.12. The lowest BCUT2D eigenvalue weighted by molar-refractivity contribution is 0.103. The Balaban J connectivity index is 1.56. The van der Waals surface area contributed by atoms with Gasteiger partial charge in [-0.1, -0.05) is 13.0 Å². The molecule has 190 valence electrons. The number of H-pyrrole nitrogens is 1. The molecule has 2 N–H and O–H groups in total. The van der Waals surface area contributed by atoms with Crippen molar-refractivity contribution in [2.45, 2.75) is 13.3 Å². The highest BCUT2D eigenvalue weighted by Gasteiger charge is 2.25. The number of pyridine rings is 1. The third kappa shape index (κ3) is 4.35. The van der Waals surface area contributed by atoms with E-state index in [1.54, 1.807) is 19.4 Å². The number of anilines is 1. The third-order valence-electron chi connectivity index (χ3n) is 6.06. The Bertz CT molecular complexity index is 1700. The minimum absolute atomic E-state index is 0.0644. The van der Waals surface area contributed by atoms with Crippen LogP contribution in [0.2, 0.25) is 0 Å². The van der Waals surface area contributed by atoms with E-state index in [4.69, 9.17) is 4.74 Å². The lowest BCUT2D eigenvalue weighted by atomic mass is 9.99. The van der Waals surface area contributed by atoms with Gasteiger partial charge in [0, 0.05) is 41.7 Å². The molecule has 5 aromatic rings. The van der Waals surface area contributed by atoms with E-state index in [2.05, 4.69) is 19.7 Å². The summed E-state index contributed by atoms with van der Waals surface area (Å²) in [6, 6.07) is 9.99. The van der Waals surface area contributed by atoms with Crippen molar-refractivity contribution < 1.29 is 22.5 Å². The average Bonchev–Trinajstić information content (AvgIpc) is 3.45. The zero-order valence-corrected chi connectivity index (χ0v) is 21.1. The monoisotopic (exact) mass is 523 g/mol. The van der Waals surface area contributed by atoms with Crippen LogP contribution in [0.3, 0.4) is 0 Å². The first-order chi connectivity index (χ1) is 17.8. The first-order valence-corrected chi connectivity index (χ1v) is 12.8. The maximum absolute atomic E-state index is 15.2. The number of carbonyl (C=O) groups is 1. The van der Waals surface area contributed by atoms with Gasteiger partial charge in [0.25, 0.3) is 6.01 Å². The number of fused-ring (bicyclic) bond motifs is 2. The molecule has 0 spiro atoms. The third-order valence-corrected chi connectivity index (χ3v) is 7.29. The maximum atomic E-state index is 15.2. The molecule has 1 atom stereocenters. The molecule has 0 aliphatic rings. The van der Waals surface area contributed by atoms with E-state index in [1.807, 2.05) is 36.7 Å². The van der Waals surface area contributed by atoms with Crippen molar-refractivity contribution in [1.82, 2.24) is 19.5 Å². The normalized spacial score (nSPS) is 12.2. The van der Waals surface area contributed by atoms with Crippen molar-refractivity contribution >= 4 is 44.5 Å². The van der Waals surface area contributed by atoms with E-state index in [1.165, 1.54) is 6.20 Å². The second kappa shape index (κ2) is 9.74. The largest absolute Gasteiger partial charge is 0.468 e. The second-order valence-electron chi connectivity index (χ2n) is 8.45. The zero-order chi connectivity index (χ0) is 26.3. The number of hydrogen-bond acceptors (Lipinski definition) is 5. The van der Waals surface area contributed by atoms with Gasteiger partial charge >= 0.3 is 0 Å². The van der Waals surface area contributed by atoms with Crippen molar-refractivity contribution in [3.05, 3.63) is 71.6 Å². The van der Waals surface area contributed by atoms with Crippen molar-refractivity contribution in [3.8, 4) is 17.1 Å². The summed E-state index contributed by atoms with van der Waals surface area (Å²) in [6.45, 7) is 1.83. The quantitative estimate of drug-likeness (QED) is 0.275. The topological polar surface area (TPSA) is 102 Å². The molecule has 0 aliphatic carbocycles. The summed E-state index contributed by atoms with van der Waals surface area (Å²) in [5, 5.41) is 0.410. The highest BCUT2D eigenvalue weighted by atomic mass is 32.2. The summed E-state index contributed by atoms with van der Waals surface area (Å²) in [5.74, 6) is -2.67. The second-order valence-corrected chi connectivity index (χ2v) is 9.75. The molecular weight excluding hydrogens is 500 g/mol. The summed E-state index contributed by atoms with van der Waals surface area (Å²) in [5.41, 5.74) is 2.62. The highest BCUT2D eigenvalue weighted by Crippen LogP contribution is 2.31. The number of aromatic amines is 1. The van der Waals surface area contributed by atoms with E-state index >= 15 is 4.39 Å². The minimum Gasteiger partial charge on any atom is -0.468 e. The van der Waals surface area contributed by atoms with Crippen LogP contribution in [0.1, 0.15) is 29.3 Å². The van der Waals surface area contributed by atoms with Gasteiger partial charge in [-0.25, -0.2) is 18.0 Å². The molecule has 0 amide bonds. The van der Waals surface area contributed by atoms with Gasteiger partial charge in [0.05, 0.1) is 29.4 Å². The van der Waals surface area contributed by atoms with Gasteiger partial charge in [-0.3, -0.25) is 9.36 Å². The molecule has 0 bridgehead atoms. The Morgan fingerprint density at radius 3 is 2.76 bits per heavy atom. The summed E-state index contributed by atoms with van der Waals surface area (Å²) in [4.78, 5) is 25.1. The lowest BCUT2D eigenvalue weighted by Crippen LogP contribution is -2.13. The summed E-state index contributed by atoms with van der Waals surface area (Å²) in [7, 11) is 1.84. The number of aromatic nitrogens is 4. The zero-order valence-electron chi connectivity index (χ0n) is 20.3. The van der Waals surface area contributed by atoms with Gasteiger partial charge in [-0.15, -0.1) is 0 Å². The van der Waals surface area contributed by atoms with E-state index in [0.717, 1.165) is 28.7 Å². The number of rotatable bonds is 8. The number of carbonyl (C=O) groups excluding carboxylic acids is 1. The fourth-order valence-corrected chi connectivity index (χ4v) is 5.10. The van der Waals surface area contributed by atoms with Gasteiger partial charge in [0.2, 0.25) is 5.78 Å². The average molecular weight is 524 g/mol. The van der Waals surface area contributed by atoms with Crippen molar-refractivity contribution in [1.29, 1.82) is 0 Å². The van der Waals surface area contributed by atoms with Crippen LogP contribution in [0, 0.1) is 11.6 Å². The van der Waals surface area contributed by atoms with E-state index in [0.29, 0.717) is 29.0 Å². The van der Waals surface area contributed by atoms with Gasteiger partial charge < -0.3 is 14.4 Å². The van der Waals surface area contributed by atoms with E-state index in [-0.39, 0.29) is 17.0 Å². The van der Waals surface area contributed by atoms with Crippen LogP contribution in [0.25, 0.3) is 33.2 Å². The number of ether oxygens (including phenoxy) is 1. The lowest BCUT2D eigenvalue weighted by Gasteiger charge is -2.10. The van der Waals surface area contributed by atoms with Crippen LogP contribution in [-0.2, 0) is 18.0 Å². The summed E-state index contributed by atoms with van der Waals surface area (Å²) < 4.78 is 51.6. The van der Waals surface area contributed by atoms with Gasteiger partial charge in [0.15, 0.2) is 5.82 Å². The first kappa shape index (κ1) is 24.6. The minimum atomic E-state index is -1.56. The Morgan fingerprint density at radius 1 is 1.19 bits per heavy atom. The Kier molecular flexibility index (Phi) is 6.46. The molecule has 1 unspecified atom stereocenters. The highest BCUT2D eigenvalue weighted by molar-refractivity contribution is 7.86. The van der Waals surface area contributed by atoms with Crippen LogP contribution < -0.4 is 9.46 Å². The molecule has 0 saturated heterocycles. The number of halogens is 2. The SMILES string of the molecule is CCCS(=O)Nc1ccc(F)c(C(=O)c2c[nH]c3ncc(-c4ccc5c(c4)nc(OC)n5C)cc23)c1F. The number of hydrogen-bond donors (Lipinski definition) is 2. The molecule has 0 fully saturated rings. The van der Waals surface area contributed by atoms with Gasteiger partial charge in [-0.05, 0) is 42.3 Å². The van der Waals surface area contributed by atoms with E-state index < -0.39 is 34.0 Å². The Morgan fingerprint density at radius 2 is 2.00 bits per heavy atom. The molecule has 2 aromatic carbocycles. The van der Waals surface area contributed by atoms with Crippen molar-refractivity contribution in [2.24, 2.45) is 7.05 Å². The molecule has 0 saturated carbocycles. The first-order valence-electron chi connectivity index (χ1n) is 11.5. The van der Waals surface area contributed by atoms with Crippen LogP contribution in [-0.4, -0.2) is 42.4 Å². The smallest absolute Gasteiger partial charge is 0.296 e. The number of nitrogens with one attached hydrogen (secondary N) is 2. The number of nitrogens with zero attached hydrogens (tertiary/aromatic N) is 3. The van der Waals surface area contributed by atoms with E-state index in [9.17, 15) is 13.4 Å². The molecule has 5 rings (SSSR count). The molecule has 0 radical (unpaired) electrons. The van der Waals surface area contributed by atoms with Crippen molar-refractivity contribution in [2.75, 3.05) is 17.6 Å². The molecule has 3 aromatic heterocycles. The molecular formula is C26H23F2N5O3S. The van der Waals surface area contributed by atoms with Gasteiger partial charge in [-0.2, -0.15) is 4.98 Å².